The van der Waals surface area contributed by atoms with Crippen molar-refractivity contribution in [1.29, 1.82) is 0 Å². The Morgan fingerprint density at radius 1 is 1.00 bits per heavy atom. The molecule has 0 fully saturated rings. The summed E-state index contributed by atoms with van der Waals surface area (Å²) in [6.07, 6.45) is 1.55. The molecule has 108 valence electrons. The third kappa shape index (κ3) is 1.98. The molecule has 4 aromatic rings. The lowest BCUT2D eigenvalue weighted by atomic mass is 10.0. The maximum absolute atomic E-state index is 14.2. The zero-order valence-corrected chi connectivity index (χ0v) is 13.2. The van der Waals surface area contributed by atoms with Gasteiger partial charge in [0, 0.05) is 14.3 Å². The number of aromatic amines is 1. The summed E-state index contributed by atoms with van der Waals surface area (Å²) in [6.45, 7) is 0. The molecule has 6 heteroatoms. The molecule has 4 rings (SSSR count). The van der Waals surface area contributed by atoms with Gasteiger partial charge in [0.15, 0.2) is 0 Å². The first kappa shape index (κ1) is 13.6. The van der Waals surface area contributed by atoms with Gasteiger partial charge in [0.05, 0.1) is 23.0 Å². The lowest BCUT2D eigenvalue weighted by molar-refractivity contribution is 0.589. The summed E-state index contributed by atoms with van der Waals surface area (Å²) in [7, 11) is 0. The van der Waals surface area contributed by atoms with Crippen molar-refractivity contribution >= 4 is 44.4 Å². The van der Waals surface area contributed by atoms with Crippen LogP contribution in [0.1, 0.15) is 0 Å². The fourth-order valence-electron chi connectivity index (χ4n) is 2.59. The minimum Gasteiger partial charge on any atom is -0.276 e. The number of pyridine rings is 1. The summed E-state index contributed by atoms with van der Waals surface area (Å²) in [5.41, 5.74) is 1.51. The van der Waals surface area contributed by atoms with E-state index >= 15 is 0 Å². The topological polar surface area (TPSA) is 41.6 Å². The highest BCUT2D eigenvalue weighted by molar-refractivity contribution is 14.1. The van der Waals surface area contributed by atoms with Gasteiger partial charge in [0.2, 0.25) is 0 Å². The van der Waals surface area contributed by atoms with Gasteiger partial charge in [-0.1, -0.05) is 12.1 Å². The molecule has 3 nitrogen and oxygen atoms in total. The molecule has 2 aromatic heterocycles. The van der Waals surface area contributed by atoms with Gasteiger partial charge in [-0.3, -0.25) is 5.10 Å². The van der Waals surface area contributed by atoms with Gasteiger partial charge in [-0.15, -0.1) is 0 Å². The summed E-state index contributed by atoms with van der Waals surface area (Å²) >= 11 is 2.16. The maximum atomic E-state index is 14.2. The first-order chi connectivity index (χ1) is 10.6. The molecule has 0 spiro atoms. The predicted molar refractivity (Wildman–Crippen MR) is 89.5 cm³/mol. The van der Waals surface area contributed by atoms with Crippen molar-refractivity contribution in [2.75, 3.05) is 0 Å². The highest BCUT2D eigenvalue weighted by Crippen LogP contribution is 2.34. The fraction of sp³-hybridized carbons (Fsp3) is 0. The van der Waals surface area contributed by atoms with Crippen molar-refractivity contribution in [1.82, 2.24) is 15.2 Å². The number of aromatic nitrogens is 3. The van der Waals surface area contributed by atoms with Crippen LogP contribution in [-0.4, -0.2) is 15.2 Å². The molecule has 0 amide bonds. The molecule has 22 heavy (non-hydrogen) atoms. The minimum absolute atomic E-state index is 0.113. The molecule has 0 aliphatic heterocycles. The largest absolute Gasteiger partial charge is 0.276 e. The van der Waals surface area contributed by atoms with Gasteiger partial charge in [0.25, 0.3) is 0 Å². The van der Waals surface area contributed by atoms with E-state index in [0.717, 1.165) is 14.5 Å². The Morgan fingerprint density at radius 2 is 1.77 bits per heavy atom. The second-order valence-electron chi connectivity index (χ2n) is 4.88. The zero-order chi connectivity index (χ0) is 15.3. The Hall–Kier alpha value is -2.09. The molecule has 0 aliphatic rings. The average Bonchev–Trinajstić information content (AvgIpc) is 2.95. The molecule has 0 radical (unpaired) electrons. The van der Waals surface area contributed by atoms with Gasteiger partial charge in [-0.2, -0.15) is 5.10 Å². The van der Waals surface area contributed by atoms with Crippen LogP contribution in [0.25, 0.3) is 33.1 Å². The van der Waals surface area contributed by atoms with Crippen LogP contribution in [0.3, 0.4) is 0 Å². The second kappa shape index (κ2) is 4.98. The fourth-order valence-corrected chi connectivity index (χ4v) is 3.08. The number of hydrogen-bond donors (Lipinski definition) is 1. The monoisotopic (exact) mass is 407 g/mol. The third-order valence-electron chi connectivity index (χ3n) is 3.56. The number of nitrogens with one attached hydrogen (secondary N) is 1. The first-order valence-electron chi connectivity index (χ1n) is 6.52. The van der Waals surface area contributed by atoms with Gasteiger partial charge in [0.1, 0.15) is 17.2 Å². The van der Waals surface area contributed by atoms with E-state index < -0.39 is 11.6 Å². The Kier molecular flexibility index (Phi) is 3.07. The number of H-pyrrole nitrogens is 1. The quantitative estimate of drug-likeness (QED) is 0.467. The van der Waals surface area contributed by atoms with E-state index in [1.165, 1.54) is 18.2 Å². The Morgan fingerprint density at radius 3 is 2.55 bits per heavy atom. The van der Waals surface area contributed by atoms with Crippen molar-refractivity contribution in [2.24, 2.45) is 0 Å². The number of rotatable bonds is 1. The number of benzene rings is 2. The van der Waals surface area contributed by atoms with Crippen molar-refractivity contribution in [3.8, 4) is 11.3 Å². The van der Waals surface area contributed by atoms with Crippen LogP contribution >= 0.6 is 22.6 Å². The van der Waals surface area contributed by atoms with Crippen LogP contribution < -0.4 is 0 Å². The lowest BCUT2D eigenvalue weighted by Crippen LogP contribution is -1.95. The number of hydrogen-bond acceptors (Lipinski definition) is 2. The minimum atomic E-state index is -0.629. The molecular weight excluding hydrogens is 399 g/mol. The maximum Gasteiger partial charge on any atom is 0.135 e. The molecule has 1 N–H and O–H groups in total. The Labute approximate surface area is 137 Å². The molecule has 2 heterocycles. The predicted octanol–water partition coefficient (Wildman–Crippen LogP) is 4.66. The number of nitrogens with zero attached hydrogens (tertiary/aromatic N) is 2. The van der Waals surface area contributed by atoms with Crippen LogP contribution in [0.2, 0.25) is 0 Å². The van der Waals surface area contributed by atoms with Gasteiger partial charge < -0.3 is 0 Å². The second-order valence-corrected chi connectivity index (χ2v) is 6.12. The summed E-state index contributed by atoms with van der Waals surface area (Å²) in [5.74, 6) is -1.26. The van der Waals surface area contributed by atoms with E-state index in [1.54, 1.807) is 6.20 Å². The molecule has 0 bridgehead atoms. The van der Waals surface area contributed by atoms with Crippen LogP contribution in [0.15, 0.2) is 42.6 Å². The molecule has 0 aliphatic carbocycles. The molecule has 0 saturated heterocycles. The molecule has 0 saturated carbocycles. The number of halogens is 3. The zero-order valence-electron chi connectivity index (χ0n) is 11.1. The van der Waals surface area contributed by atoms with Crippen LogP contribution in [0.5, 0.6) is 0 Å². The molecule has 0 unspecified atom stereocenters. The summed E-state index contributed by atoms with van der Waals surface area (Å²) in [5, 5.41) is 8.39. The van der Waals surface area contributed by atoms with E-state index in [-0.39, 0.29) is 11.3 Å². The molecule has 2 aromatic carbocycles. The van der Waals surface area contributed by atoms with Crippen LogP contribution in [0, 0.1) is 15.2 Å². The Bertz CT molecular complexity index is 1010. The average molecular weight is 407 g/mol. The van der Waals surface area contributed by atoms with Crippen LogP contribution in [0.4, 0.5) is 8.78 Å². The van der Waals surface area contributed by atoms with Gasteiger partial charge in [-0.25, -0.2) is 13.8 Å². The van der Waals surface area contributed by atoms with Crippen molar-refractivity contribution < 1.29 is 8.78 Å². The highest BCUT2D eigenvalue weighted by Gasteiger charge is 2.18. The number of fused-ring (bicyclic) bond motifs is 3. The van der Waals surface area contributed by atoms with Gasteiger partial charge >= 0.3 is 0 Å². The van der Waals surface area contributed by atoms with E-state index in [9.17, 15) is 8.78 Å². The smallest absolute Gasteiger partial charge is 0.135 e. The summed E-state index contributed by atoms with van der Waals surface area (Å²) < 4.78 is 29.3. The van der Waals surface area contributed by atoms with E-state index in [4.69, 9.17) is 0 Å². The first-order valence-corrected chi connectivity index (χ1v) is 7.60. The van der Waals surface area contributed by atoms with Gasteiger partial charge in [-0.05, 0) is 46.9 Å². The van der Waals surface area contributed by atoms with Crippen molar-refractivity contribution in [2.45, 2.75) is 0 Å². The summed E-state index contributed by atoms with van der Waals surface area (Å²) in [6, 6.07) is 9.52. The normalized spacial score (nSPS) is 11.4. The van der Waals surface area contributed by atoms with E-state index in [1.807, 2.05) is 18.2 Å². The molecule has 0 atom stereocenters. The SMILES string of the molecule is Fc1cccc(F)c1-c1nc2cn[nH]c2c2ccc(I)cc12. The molecular formula is C16H8F2IN3. The Balaban J connectivity index is 2.22. The van der Waals surface area contributed by atoms with Crippen LogP contribution in [-0.2, 0) is 0 Å². The summed E-state index contributed by atoms with van der Waals surface area (Å²) in [4.78, 5) is 4.42. The van der Waals surface area contributed by atoms with E-state index in [0.29, 0.717) is 10.9 Å². The highest BCUT2D eigenvalue weighted by atomic mass is 127. The lowest BCUT2D eigenvalue weighted by Gasteiger charge is -2.09. The van der Waals surface area contributed by atoms with Crippen molar-refractivity contribution in [3.63, 3.8) is 0 Å². The third-order valence-corrected chi connectivity index (χ3v) is 4.23. The van der Waals surface area contributed by atoms with E-state index in [2.05, 4.69) is 37.8 Å². The standard InChI is InChI=1S/C16H8F2IN3/c17-11-2-1-3-12(18)14(11)16-10-6-8(19)4-5-9(10)15-13(21-16)7-20-22-15/h1-7H,(H,20,22). The van der Waals surface area contributed by atoms with Crippen molar-refractivity contribution in [3.05, 3.63) is 57.8 Å².